The highest BCUT2D eigenvalue weighted by atomic mass is 16.4. The van der Waals surface area contributed by atoms with E-state index in [0.717, 1.165) is 12.0 Å². The molecule has 0 aromatic heterocycles. The Balaban J connectivity index is 3.05. The van der Waals surface area contributed by atoms with Crippen LogP contribution in [0.1, 0.15) is 23.6 Å². The summed E-state index contributed by atoms with van der Waals surface area (Å²) in [5, 5.41) is 17.4. The van der Waals surface area contributed by atoms with Crippen LogP contribution in [-0.2, 0) is 28.9 Å². The second kappa shape index (κ2) is 5.30. The average molecular weight is 222 g/mol. The molecule has 16 heavy (non-hydrogen) atoms. The van der Waals surface area contributed by atoms with Gasteiger partial charge in [-0.3, -0.25) is 9.59 Å². The molecule has 4 heteroatoms. The Kier molecular flexibility index (Phi) is 4.05. The number of benzene rings is 1. The topological polar surface area (TPSA) is 74.6 Å². The fourth-order valence-electron chi connectivity index (χ4n) is 1.56. The Morgan fingerprint density at radius 2 is 1.62 bits per heavy atom. The van der Waals surface area contributed by atoms with E-state index in [1.54, 1.807) is 12.1 Å². The van der Waals surface area contributed by atoms with Gasteiger partial charge in [-0.05, 0) is 23.1 Å². The third kappa shape index (κ3) is 3.38. The lowest BCUT2D eigenvalue weighted by Gasteiger charge is -2.07. The number of aliphatic carboxylic acids is 2. The van der Waals surface area contributed by atoms with Gasteiger partial charge in [-0.1, -0.05) is 25.1 Å². The average Bonchev–Trinajstić information content (AvgIpc) is 2.19. The van der Waals surface area contributed by atoms with Crippen LogP contribution < -0.4 is 0 Å². The number of hydrogen-bond acceptors (Lipinski definition) is 2. The van der Waals surface area contributed by atoms with Crippen molar-refractivity contribution >= 4 is 11.9 Å². The van der Waals surface area contributed by atoms with E-state index in [1.165, 1.54) is 0 Å². The highest BCUT2D eigenvalue weighted by molar-refractivity contribution is 5.74. The van der Waals surface area contributed by atoms with Gasteiger partial charge in [-0.15, -0.1) is 0 Å². The molecule has 0 heterocycles. The van der Waals surface area contributed by atoms with Crippen molar-refractivity contribution in [2.45, 2.75) is 26.2 Å². The van der Waals surface area contributed by atoms with Gasteiger partial charge in [0.15, 0.2) is 0 Å². The van der Waals surface area contributed by atoms with Gasteiger partial charge >= 0.3 is 11.9 Å². The first-order chi connectivity index (χ1) is 7.52. The van der Waals surface area contributed by atoms with Gasteiger partial charge < -0.3 is 10.2 Å². The van der Waals surface area contributed by atoms with E-state index in [2.05, 4.69) is 0 Å². The highest BCUT2D eigenvalue weighted by Gasteiger charge is 2.10. The van der Waals surface area contributed by atoms with Crippen molar-refractivity contribution in [1.82, 2.24) is 0 Å². The van der Waals surface area contributed by atoms with Gasteiger partial charge in [0, 0.05) is 0 Å². The summed E-state index contributed by atoms with van der Waals surface area (Å²) in [6.07, 6.45) is 0.545. The zero-order chi connectivity index (χ0) is 12.1. The SMILES string of the molecule is CCc1ccc(CC(=O)O)c(CC(=O)O)c1. The molecular formula is C12H14O4. The number of rotatable bonds is 5. The minimum absolute atomic E-state index is 0.129. The van der Waals surface area contributed by atoms with Crippen LogP contribution in [0, 0.1) is 0 Å². The molecule has 0 aliphatic heterocycles. The van der Waals surface area contributed by atoms with Crippen molar-refractivity contribution in [3.63, 3.8) is 0 Å². The van der Waals surface area contributed by atoms with Gasteiger partial charge in [0.25, 0.3) is 0 Å². The summed E-state index contributed by atoms with van der Waals surface area (Å²) in [5.74, 6) is -1.89. The molecule has 4 nitrogen and oxygen atoms in total. The molecule has 0 spiro atoms. The van der Waals surface area contributed by atoms with Gasteiger partial charge in [0.1, 0.15) is 0 Å². The van der Waals surface area contributed by atoms with Crippen molar-refractivity contribution < 1.29 is 19.8 Å². The van der Waals surface area contributed by atoms with Crippen LogP contribution in [0.25, 0.3) is 0 Å². The fourth-order valence-corrected chi connectivity index (χ4v) is 1.56. The molecule has 0 unspecified atom stereocenters. The Labute approximate surface area is 93.5 Å². The monoisotopic (exact) mass is 222 g/mol. The lowest BCUT2D eigenvalue weighted by molar-refractivity contribution is -0.137. The minimum Gasteiger partial charge on any atom is -0.481 e. The number of aryl methyl sites for hydroxylation is 1. The van der Waals surface area contributed by atoms with Gasteiger partial charge in [0.2, 0.25) is 0 Å². The van der Waals surface area contributed by atoms with Crippen molar-refractivity contribution in [3.05, 3.63) is 34.9 Å². The number of carboxylic acid groups (broad SMARTS) is 2. The zero-order valence-electron chi connectivity index (χ0n) is 9.06. The number of hydrogen-bond donors (Lipinski definition) is 2. The smallest absolute Gasteiger partial charge is 0.307 e. The first-order valence-corrected chi connectivity index (χ1v) is 5.07. The van der Waals surface area contributed by atoms with Crippen LogP contribution in [-0.4, -0.2) is 22.2 Å². The predicted octanol–water partition coefficient (Wildman–Crippen LogP) is 1.50. The van der Waals surface area contributed by atoms with E-state index in [1.807, 2.05) is 13.0 Å². The van der Waals surface area contributed by atoms with E-state index in [0.29, 0.717) is 11.1 Å². The first-order valence-electron chi connectivity index (χ1n) is 5.07. The summed E-state index contributed by atoms with van der Waals surface area (Å²) >= 11 is 0. The predicted molar refractivity (Wildman–Crippen MR) is 58.5 cm³/mol. The second-order valence-corrected chi connectivity index (χ2v) is 3.60. The maximum Gasteiger partial charge on any atom is 0.307 e. The molecule has 0 atom stereocenters. The molecule has 0 saturated heterocycles. The third-order valence-electron chi connectivity index (χ3n) is 2.36. The van der Waals surface area contributed by atoms with Crippen molar-refractivity contribution in [2.75, 3.05) is 0 Å². The van der Waals surface area contributed by atoms with Crippen LogP contribution in [0.5, 0.6) is 0 Å². The summed E-state index contributed by atoms with van der Waals surface area (Å²) in [4.78, 5) is 21.3. The largest absolute Gasteiger partial charge is 0.481 e. The molecule has 1 aromatic carbocycles. The van der Waals surface area contributed by atoms with Gasteiger partial charge in [0.05, 0.1) is 12.8 Å². The molecule has 0 aliphatic rings. The van der Waals surface area contributed by atoms with Crippen LogP contribution in [0.3, 0.4) is 0 Å². The summed E-state index contributed by atoms with van der Waals surface area (Å²) in [6, 6.07) is 5.31. The zero-order valence-corrected chi connectivity index (χ0v) is 9.06. The molecule has 0 saturated carbocycles. The summed E-state index contributed by atoms with van der Waals surface area (Å²) in [7, 11) is 0. The molecule has 0 radical (unpaired) electrons. The van der Waals surface area contributed by atoms with Gasteiger partial charge in [-0.25, -0.2) is 0 Å². The Morgan fingerprint density at radius 3 is 2.12 bits per heavy atom. The van der Waals surface area contributed by atoms with Crippen LogP contribution in [0.4, 0.5) is 0 Å². The van der Waals surface area contributed by atoms with Crippen LogP contribution >= 0.6 is 0 Å². The summed E-state index contributed by atoms with van der Waals surface area (Å²) in [6.45, 7) is 1.97. The fraction of sp³-hybridized carbons (Fsp3) is 0.333. The lowest BCUT2D eigenvalue weighted by atomic mass is 9.98. The Hall–Kier alpha value is -1.84. The van der Waals surface area contributed by atoms with E-state index >= 15 is 0 Å². The molecule has 0 amide bonds. The third-order valence-corrected chi connectivity index (χ3v) is 2.36. The summed E-state index contributed by atoms with van der Waals surface area (Å²) in [5.41, 5.74) is 2.19. The molecule has 86 valence electrons. The van der Waals surface area contributed by atoms with E-state index in [-0.39, 0.29) is 12.8 Å². The van der Waals surface area contributed by atoms with Crippen LogP contribution in [0.2, 0.25) is 0 Å². The maximum atomic E-state index is 10.7. The lowest BCUT2D eigenvalue weighted by Crippen LogP contribution is -2.08. The molecule has 1 rings (SSSR count). The van der Waals surface area contributed by atoms with Crippen LogP contribution in [0.15, 0.2) is 18.2 Å². The van der Waals surface area contributed by atoms with Gasteiger partial charge in [-0.2, -0.15) is 0 Å². The molecular weight excluding hydrogens is 208 g/mol. The normalized spacial score (nSPS) is 10.1. The van der Waals surface area contributed by atoms with E-state index < -0.39 is 11.9 Å². The molecule has 0 bridgehead atoms. The first kappa shape index (κ1) is 12.2. The molecule has 2 N–H and O–H groups in total. The van der Waals surface area contributed by atoms with Crippen molar-refractivity contribution in [3.8, 4) is 0 Å². The standard InChI is InChI=1S/C12H14O4/c1-2-8-3-4-9(6-11(13)14)10(5-8)7-12(15)16/h3-5H,2,6-7H2,1H3,(H,13,14)(H,15,16). The Morgan fingerprint density at radius 1 is 1.06 bits per heavy atom. The maximum absolute atomic E-state index is 10.7. The number of carbonyl (C=O) groups is 2. The molecule has 1 aromatic rings. The molecule has 0 aliphatic carbocycles. The minimum atomic E-state index is -0.948. The van der Waals surface area contributed by atoms with Crippen molar-refractivity contribution in [1.29, 1.82) is 0 Å². The van der Waals surface area contributed by atoms with E-state index in [9.17, 15) is 9.59 Å². The quantitative estimate of drug-likeness (QED) is 0.791. The Bertz CT molecular complexity index is 409. The summed E-state index contributed by atoms with van der Waals surface area (Å²) < 4.78 is 0. The number of carboxylic acids is 2. The highest BCUT2D eigenvalue weighted by Crippen LogP contribution is 2.14. The molecule has 0 fully saturated rings. The second-order valence-electron chi connectivity index (χ2n) is 3.60. The van der Waals surface area contributed by atoms with E-state index in [4.69, 9.17) is 10.2 Å². The van der Waals surface area contributed by atoms with Crippen molar-refractivity contribution in [2.24, 2.45) is 0 Å².